The molecule has 106 valence electrons. The van der Waals surface area contributed by atoms with E-state index in [-0.39, 0.29) is 0 Å². The van der Waals surface area contributed by atoms with E-state index in [4.69, 9.17) is 5.73 Å². The minimum Gasteiger partial charge on any atom is -0.327 e. The van der Waals surface area contributed by atoms with Crippen LogP contribution in [0.1, 0.15) is 44.5 Å². The number of aryl methyl sites for hydroxylation is 2. The van der Waals surface area contributed by atoms with E-state index in [0.717, 1.165) is 37.1 Å². The van der Waals surface area contributed by atoms with E-state index in [1.54, 1.807) is 0 Å². The molecule has 0 aliphatic heterocycles. The molecule has 2 saturated carbocycles. The standard InChI is InChI=1S/C15H24BrN3/c1-3-13-15(16)14(19(4-2)18-13)8-12(17)11-6-9-5-10(9)7-11/h9-12H,3-8,17H2,1-2H3. The second kappa shape index (κ2) is 5.21. The molecule has 1 aromatic rings. The number of hydrogen-bond acceptors (Lipinski definition) is 2. The molecule has 0 spiro atoms. The summed E-state index contributed by atoms with van der Waals surface area (Å²) in [5, 5.41) is 4.66. The van der Waals surface area contributed by atoms with E-state index in [2.05, 4.69) is 39.6 Å². The number of hydrogen-bond donors (Lipinski definition) is 1. The molecular weight excluding hydrogens is 302 g/mol. The first-order chi connectivity index (χ1) is 9.13. The van der Waals surface area contributed by atoms with E-state index >= 15 is 0 Å². The molecule has 0 saturated heterocycles. The van der Waals surface area contributed by atoms with Crippen LogP contribution in [-0.4, -0.2) is 15.8 Å². The third-order valence-electron chi connectivity index (χ3n) is 5.01. The van der Waals surface area contributed by atoms with Gasteiger partial charge in [0.15, 0.2) is 0 Å². The SMILES string of the molecule is CCc1nn(CC)c(CC(N)C2CC3CC3C2)c1Br. The summed E-state index contributed by atoms with van der Waals surface area (Å²) in [5.41, 5.74) is 8.94. The first kappa shape index (κ1) is 13.6. The average Bonchev–Trinajstić information content (AvgIpc) is 2.90. The molecule has 2 aliphatic rings. The molecule has 0 aromatic carbocycles. The maximum atomic E-state index is 6.48. The Labute approximate surface area is 124 Å². The zero-order valence-electron chi connectivity index (χ0n) is 11.9. The number of nitrogens with two attached hydrogens (primary N) is 1. The average molecular weight is 326 g/mol. The Morgan fingerprint density at radius 2 is 2.00 bits per heavy atom. The number of rotatable bonds is 5. The van der Waals surface area contributed by atoms with Gasteiger partial charge in [-0.05, 0) is 66.3 Å². The zero-order valence-corrected chi connectivity index (χ0v) is 13.5. The lowest BCUT2D eigenvalue weighted by Crippen LogP contribution is -2.32. The number of aromatic nitrogens is 2. The molecular formula is C15H24BrN3. The van der Waals surface area contributed by atoms with Crippen molar-refractivity contribution >= 4 is 15.9 Å². The summed E-state index contributed by atoms with van der Waals surface area (Å²) in [6.45, 7) is 5.23. The van der Waals surface area contributed by atoms with Crippen molar-refractivity contribution in [1.82, 2.24) is 9.78 Å². The number of halogens is 1. The quantitative estimate of drug-likeness (QED) is 0.903. The topological polar surface area (TPSA) is 43.8 Å². The molecule has 1 heterocycles. The van der Waals surface area contributed by atoms with Gasteiger partial charge in [0.25, 0.3) is 0 Å². The number of nitrogens with zero attached hydrogens (tertiary/aromatic N) is 2. The largest absolute Gasteiger partial charge is 0.327 e. The second-order valence-electron chi connectivity index (χ2n) is 6.23. The monoisotopic (exact) mass is 325 g/mol. The van der Waals surface area contributed by atoms with Crippen molar-refractivity contribution in [2.24, 2.45) is 23.5 Å². The molecule has 0 radical (unpaired) electrons. The molecule has 3 nitrogen and oxygen atoms in total. The lowest BCUT2D eigenvalue weighted by molar-refractivity contribution is 0.384. The smallest absolute Gasteiger partial charge is 0.0766 e. The molecule has 0 amide bonds. The van der Waals surface area contributed by atoms with Crippen LogP contribution in [-0.2, 0) is 19.4 Å². The molecule has 19 heavy (non-hydrogen) atoms. The van der Waals surface area contributed by atoms with Crippen LogP contribution >= 0.6 is 15.9 Å². The molecule has 2 aliphatic carbocycles. The van der Waals surface area contributed by atoms with Gasteiger partial charge in [-0.2, -0.15) is 5.10 Å². The zero-order chi connectivity index (χ0) is 13.6. The Hall–Kier alpha value is -0.350. The first-order valence-electron chi connectivity index (χ1n) is 7.63. The van der Waals surface area contributed by atoms with Gasteiger partial charge in [0.05, 0.1) is 15.9 Å². The van der Waals surface area contributed by atoms with Gasteiger partial charge in [-0.15, -0.1) is 0 Å². The van der Waals surface area contributed by atoms with E-state index < -0.39 is 0 Å². The van der Waals surface area contributed by atoms with Crippen molar-refractivity contribution in [3.8, 4) is 0 Å². The van der Waals surface area contributed by atoms with E-state index in [1.807, 2.05) is 0 Å². The van der Waals surface area contributed by atoms with Crippen LogP contribution in [0.15, 0.2) is 4.47 Å². The Bertz CT molecular complexity index is 458. The van der Waals surface area contributed by atoms with Gasteiger partial charge in [0, 0.05) is 19.0 Å². The fraction of sp³-hybridized carbons (Fsp3) is 0.800. The van der Waals surface area contributed by atoms with Crippen LogP contribution < -0.4 is 5.73 Å². The molecule has 2 N–H and O–H groups in total. The van der Waals surface area contributed by atoms with Crippen molar-refractivity contribution in [3.63, 3.8) is 0 Å². The predicted octanol–water partition coefficient (Wildman–Crippen LogP) is 3.14. The van der Waals surface area contributed by atoms with Gasteiger partial charge in [0.1, 0.15) is 0 Å². The summed E-state index contributed by atoms with van der Waals surface area (Å²) >= 11 is 3.72. The fourth-order valence-electron chi connectivity index (χ4n) is 3.71. The van der Waals surface area contributed by atoms with Gasteiger partial charge >= 0.3 is 0 Å². The lowest BCUT2D eigenvalue weighted by Gasteiger charge is -2.21. The van der Waals surface area contributed by atoms with E-state index in [1.165, 1.54) is 35.1 Å². The van der Waals surface area contributed by atoms with Crippen molar-refractivity contribution in [2.75, 3.05) is 0 Å². The van der Waals surface area contributed by atoms with Crippen LogP contribution in [0, 0.1) is 17.8 Å². The Morgan fingerprint density at radius 1 is 1.32 bits per heavy atom. The Kier molecular flexibility index (Phi) is 3.73. The molecule has 0 bridgehead atoms. The summed E-state index contributed by atoms with van der Waals surface area (Å²) in [4.78, 5) is 0. The van der Waals surface area contributed by atoms with Crippen molar-refractivity contribution in [2.45, 2.75) is 58.5 Å². The van der Waals surface area contributed by atoms with Crippen LogP contribution in [0.5, 0.6) is 0 Å². The molecule has 2 fully saturated rings. The summed E-state index contributed by atoms with van der Waals surface area (Å²) in [7, 11) is 0. The third-order valence-corrected chi connectivity index (χ3v) is 5.92. The van der Waals surface area contributed by atoms with E-state index in [0.29, 0.717) is 6.04 Å². The highest BCUT2D eigenvalue weighted by molar-refractivity contribution is 9.10. The van der Waals surface area contributed by atoms with Crippen molar-refractivity contribution in [3.05, 3.63) is 15.9 Å². The van der Waals surface area contributed by atoms with Gasteiger partial charge in [-0.3, -0.25) is 4.68 Å². The van der Waals surface area contributed by atoms with Crippen LogP contribution in [0.4, 0.5) is 0 Å². The lowest BCUT2D eigenvalue weighted by atomic mass is 9.92. The highest BCUT2D eigenvalue weighted by Crippen LogP contribution is 2.55. The number of fused-ring (bicyclic) bond motifs is 1. The highest BCUT2D eigenvalue weighted by atomic mass is 79.9. The fourth-order valence-corrected chi connectivity index (χ4v) is 4.44. The Morgan fingerprint density at radius 3 is 2.58 bits per heavy atom. The maximum Gasteiger partial charge on any atom is 0.0766 e. The summed E-state index contributed by atoms with van der Waals surface area (Å²) in [6.07, 6.45) is 6.14. The molecule has 3 unspecified atom stereocenters. The normalized spacial score (nSPS) is 30.4. The van der Waals surface area contributed by atoms with Crippen LogP contribution in [0.2, 0.25) is 0 Å². The van der Waals surface area contributed by atoms with Gasteiger partial charge < -0.3 is 5.73 Å². The van der Waals surface area contributed by atoms with Crippen molar-refractivity contribution in [1.29, 1.82) is 0 Å². The van der Waals surface area contributed by atoms with Crippen LogP contribution in [0.25, 0.3) is 0 Å². The maximum absolute atomic E-state index is 6.48. The first-order valence-corrected chi connectivity index (χ1v) is 8.42. The van der Waals surface area contributed by atoms with Gasteiger partial charge in [-0.25, -0.2) is 0 Å². The van der Waals surface area contributed by atoms with Crippen LogP contribution in [0.3, 0.4) is 0 Å². The molecule has 3 rings (SSSR count). The molecule has 4 heteroatoms. The van der Waals surface area contributed by atoms with Gasteiger partial charge in [0.2, 0.25) is 0 Å². The minimum absolute atomic E-state index is 0.302. The summed E-state index contributed by atoms with van der Waals surface area (Å²) in [6, 6.07) is 0.302. The van der Waals surface area contributed by atoms with E-state index in [9.17, 15) is 0 Å². The minimum atomic E-state index is 0.302. The summed E-state index contributed by atoms with van der Waals surface area (Å²) in [5.74, 6) is 2.77. The highest BCUT2D eigenvalue weighted by Gasteiger charge is 2.47. The third kappa shape index (κ3) is 2.49. The summed E-state index contributed by atoms with van der Waals surface area (Å²) < 4.78 is 3.31. The van der Waals surface area contributed by atoms with Gasteiger partial charge in [-0.1, -0.05) is 6.92 Å². The predicted molar refractivity (Wildman–Crippen MR) is 81.0 cm³/mol. The second-order valence-corrected chi connectivity index (χ2v) is 7.03. The van der Waals surface area contributed by atoms with Crippen molar-refractivity contribution < 1.29 is 0 Å². The molecule has 3 atom stereocenters. The Balaban J connectivity index is 1.72. The molecule has 1 aromatic heterocycles.